The number of aliphatic hydroxyl groups is 3. The van der Waals surface area contributed by atoms with Gasteiger partial charge in [-0.25, -0.2) is 0 Å². The summed E-state index contributed by atoms with van der Waals surface area (Å²) in [5.41, 5.74) is 0. The van der Waals surface area contributed by atoms with Crippen LogP contribution in [0.25, 0.3) is 0 Å². The van der Waals surface area contributed by atoms with Gasteiger partial charge in [-0.3, -0.25) is 0 Å². The van der Waals surface area contributed by atoms with Crippen molar-refractivity contribution in [3.05, 3.63) is 0 Å². The summed E-state index contributed by atoms with van der Waals surface area (Å²) in [4.78, 5) is 0. The molecule has 2 unspecified atom stereocenters. The Kier molecular flexibility index (Phi) is 4.28. The van der Waals surface area contributed by atoms with Gasteiger partial charge in [-0.2, -0.15) is 0 Å². The molecule has 5 heteroatoms. The quantitative estimate of drug-likeness (QED) is 0.538. The molecular weight excluding hydrogens is 188 g/mol. The van der Waals surface area contributed by atoms with Gasteiger partial charge < -0.3 is 24.8 Å². The standard InChI is InChI=1S/C9H18O5/c1-5-8(11)6(3-10)14-7(4-13-2)9(5)12/h5-12H,3-4H2,1-2H3/t5-,6?,7+,8+,9?/m1/s1. The number of hydrogen-bond donors (Lipinski definition) is 3. The van der Waals surface area contributed by atoms with E-state index in [0.29, 0.717) is 0 Å². The highest BCUT2D eigenvalue weighted by Crippen LogP contribution is 2.25. The first-order valence-electron chi connectivity index (χ1n) is 4.73. The molecule has 3 N–H and O–H groups in total. The molecule has 0 aromatic rings. The van der Waals surface area contributed by atoms with Gasteiger partial charge >= 0.3 is 0 Å². The summed E-state index contributed by atoms with van der Waals surface area (Å²) >= 11 is 0. The average Bonchev–Trinajstić information content (AvgIpc) is 2.19. The number of hydrogen-bond acceptors (Lipinski definition) is 5. The molecule has 0 bridgehead atoms. The molecule has 5 nitrogen and oxygen atoms in total. The third kappa shape index (κ3) is 2.24. The second-order valence-electron chi connectivity index (χ2n) is 3.69. The van der Waals surface area contributed by atoms with Crippen LogP contribution in [0.4, 0.5) is 0 Å². The fraction of sp³-hybridized carbons (Fsp3) is 1.00. The van der Waals surface area contributed by atoms with Crippen LogP contribution in [0.1, 0.15) is 6.92 Å². The van der Waals surface area contributed by atoms with Crippen molar-refractivity contribution in [1.82, 2.24) is 0 Å². The van der Waals surface area contributed by atoms with E-state index in [1.807, 2.05) is 0 Å². The van der Waals surface area contributed by atoms with E-state index < -0.39 is 24.4 Å². The zero-order valence-electron chi connectivity index (χ0n) is 8.46. The molecular formula is C9H18O5. The third-order valence-electron chi connectivity index (χ3n) is 2.70. The minimum atomic E-state index is -0.830. The number of rotatable bonds is 3. The summed E-state index contributed by atoms with van der Waals surface area (Å²) in [6, 6.07) is 0. The van der Waals surface area contributed by atoms with Crippen LogP contribution in [0, 0.1) is 5.92 Å². The van der Waals surface area contributed by atoms with E-state index >= 15 is 0 Å². The summed E-state index contributed by atoms with van der Waals surface area (Å²) in [6.45, 7) is 1.73. The molecule has 84 valence electrons. The summed E-state index contributed by atoms with van der Waals surface area (Å²) in [5, 5.41) is 28.3. The molecule has 14 heavy (non-hydrogen) atoms. The topological polar surface area (TPSA) is 79.2 Å². The van der Waals surface area contributed by atoms with Crippen molar-refractivity contribution >= 4 is 0 Å². The minimum Gasteiger partial charge on any atom is -0.394 e. The second kappa shape index (κ2) is 5.04. The highest BCUT2D eigenvalue weighted by atomic mass is 16.6. The van der Waals surface area contributed by atoms with E-state index in [-0.39, 0.29) is 19.1 Å². The first-order chi connectivity index (χ1) is 6.61. The van der Waals surface area contributed by atoms with Crippen molar-refractivity contribution in [2.45, 2.75) is 31.3 Å². The van der Waals surface area contributed by atoms with Gasteiger partial charge in [0.05, 0.1) is 25.4 Å². The molecule has 1 aliphatic heterocycles. The minimum absolute atomic E-state index is 0.252. The molecule has 1 saturated heterocycles. The molecule has 1 fully saturated rings. The van der Waals surface area contributed by atoms with Crippen LogP contribution in [-0.2, 0) is 9.47 Å². The molecule has 0 spiro atoms. The smallest absolute Gasteiger partial charge is 0.108 e. The summed E-state index contributed by atoms with van der Waals surface area (Å²) < 4.78 is 10.2. The zero-order valence-corrected chi connectivity index (χ0v) is 8.46. The van der Waals surface area contributed by atoms with Crippen LogP contribution in [0.2, 0.25) is 0 Å². The summed E-state index contributed by atoms with van der Waals surface area (Å²) in [5.74, 6) is -0.318. The Morgan fingerprint density at radius 1 is 1.21 bits per heavy atom. The van der Waals surface area contributed by atoms with E-state index in [2.05, 4.69) is 0 Å². The van der Waals surface area contributed by atoms with Crippen molar-refractivity contribution < 1.29 is 24.8 Å². The summed E-state index contributed by atoms with van der Waals surface area (Å²) in [6.07, 6.45) is -2.69. The molecule has 0 aromatic heterocycles. The normalized spacial score (nSPS) is 43.9. The Labute approximate surface area is 83.3 Å². The monoisotopic (exact) mass is 206 g/mol. The maximum atomic E-state index is 9.71. The number of methoxy groups -OCH3 is 1. The Balaban J connectivity index is 2.63. The Hall–Kier alpha value is -0.200. The van der Waals surface area contributed by atoms with Gasteiger partial charge in [0.2, 0.25) is 0 Å². The lowest BCUT2D eigenvalue weighted by molar-refractivity contribution is -0.215. The van der Waals surface area contributed by atoms with Gasteiger partial charge in [0.25, 0.3) is 0 Å². The number of aliphatic hydroxyl groups excluding tert-OH is 3. The molecule has 1 rings (SSSR count). The first kappa shape index (κ1) is 11.9. The van der Waals surface area contributed by atoms with Crippen molar-refractivity contribution in [2.75, 3.05) is 20.3 Å². The van der Waals surface area contributed by atoms with Crippen LogP contribution in [0.3, 0.4) is 0 Å². The van der Waals surface area contributed by atoms with Crippen molar-refractivity contribution in [3.63, 3.8) is 0 Å². The lowest BCUT2D eigenvalue weighted by atomic mass is 9.88. The van der Waals surface area contributed by atoms with Crippen LogP contribution in [0.15, 0.2) is 0 Å². The fourth-order valence-electron chi connectivity index (χ4n) is 1.72. The maximum absolute atomic E-state index is 9.71. The highest BCUT2D eigenvalue weighted by Gasteiger charge is 2.41. The van der Waals surface area contributed by atoms with Crippen molar-refractivity contribution in [1.29, 1.82) is 0 Å². The van der Waals surface area contributed by atoms with E-state index in [4.69, 9.17) is 14.6 Å². The largest absolute Gasteiger partial charge is 0.394 e. The van der Waals surface area contributed by atoms with Crippen molar-refractivity contribution in [3.8, 4) is 0 Å². The van der Waals surface area contributed by atoms with Gasteiger partial charge in [0.15, 0.2) is 0 Å². The predicted molar refractivity (Wildman–Crippen MR) is 48.8 cm³/mol. The molecule has 1 aliphatic rings. The lowest BCUT2D eigenvalue weighted by Crippen LogP contribution is -2.55. The SMILES string of the molecule is COC[C@@H]1OC(CO)[C@@H](O)[C@@H](C)C1O. The maximum Gasteiger partial charge on any atom is 0.108 e. The molecule has 0 saturated carbocycles. The van der Waals surface area contributed by atoms with Gasteiger partial charge in [0.1, 0.15) is 12.2 Å². The molecule has 0 amide bonds. The summed E-state index contributed by atoms with van der Waals surface area (Å²) in [7, 11) is 1.51. The predicted octanol–water partition coefficient (Wildman–Crippen LogP) is -1.25. The Morgan fingerprint density at radius 2 is 1.79 bits per heavy atom. The van der Waals surface area contributed by atoms with Crippen LogP contribution in [-0.4, -0.2) is 60.1 Å². The average molecular weight is 206 g/mol. The van der Waals surface area contributed by atoms with Crippen molar-refractivity contribution in [2.24, 2.45) is 5.92 Å². The van der Waals surface area contributed by atoms with Gasteiger partial charge in [-0.15, -0.1) is 0 Å². The Bertz CT molecular complexity index is 171. The Morgan fingerprint density at radius 3 is 2.29 bits per heavy atom. The molecule has 0 aromatic carbocycles. The zero-order chi connectivity index (χ0) is 10.7. The first-order valence-corrected chi connectivity index (χ1v) is 4.73. The molecule has 0 aliphatic carbocycles. The molecule has 1 heterocycles. The second-order valence-corrected chi connectivity index (χ2v) is 3.69. The van der Waals surface area contributed by atoms with E-state index in [0.717, 1.165) is 0 Å². The van der Waals surface area contributed by atoms with E-state index in [1.54, 1.807) is 6.92 Å². The molecule has 5 atom stereocenters. The lowest BCUT2D eigenvalue weighted by Gasteiger charge is -2.40. The van der Waals surface area contributed by atoms with E-state index in [1.165, 1.54) is 7.11 Å². The number of ether oxygens (including phenoxy) is 2. The van der Waals surface area contributed by atoms with Gasteiger partial charge in [-0.1, -0.05) is 6.92 Å². The van der Waals surface area contributed by atoms with Gasteiger partial charge in [0, 0.05) is 13.0 Å². The fourth-order valence-corrected chi connectivity index (χ4v) is 1.72. The van der Waals surface area contributed by atoms with Gasteiger partial charge in [-0.05, 0) is 0 Å². The highest BCUT2D eigenvalue weighted by molar-refractivity contribution is 4.89. The molecule has 0 radical (unpaired) electrons. The van der Waals surface area contributed by atoms with Crippen LogP contribution < -0.4 is 0 Å². The van der Waals surface area contributed by atoms with Crippen LogP contribution >= 0.6 is 0 Å². The third-order valence-corrected chi connectivity index (χ3v) is 2.70. The van der Waals surface area contributed by atoms with Crippen LogP contribution in [0.5, 0.6) is 0 Å². The van der Waals surface area contributed by atoms with E-state index in [9.17, 15) is 10.2 Å².